The topological polar surface area (TPSA) is 37.5 Å². The van der Waals surface area contributed by atoms with E-state index < -0.39 is 0 Å². The molecule has 0 amide bonds. The fourth-order valence-corrected chi connectivity index (χ4v) is 4.10. The molecule has 2 aromatic rings. The van der Waals surface area contributed by atoms with Gasteiger partial charge in [0.05, 0.1) is 12.3 Å². The number of thiazole rings is 1. The number of nitrogens with zero attached hydrogens (tertiary/aromatic N) is 2. The van der Waals surface area contributed by atoms with Crippen LogP contribution in [-0.4, -0.2) is 14.5 Å². The van der Waals surface area contributed by atoms with Crippen molar-refractivity contribution in [2.75, 3.05) is 0 Å². The Balaban J connectivity index is 1.98. The van der Waals surface area contributed by atoms with Crippen LogP contribution in [0.4, 0.5) is 0 Å². The first kappa shape index (κ1) is 12.2. The highest BCUT2D eigenvalue weighted by Gasteiger charge is 2.31. The van der Waals surface area contributed by atoms with Crippen molar-refractivity contribution in [1.29, 1.82) is 0 Å². The van der Waals surface area contributed by atoms with Crippen molar-refractivity contribution in [3.63, 3.8) is 0 Å². The summed E-state index contributed by atoms with van der Waals surface area (Å²) < 4.78 is 2.18. The Morgan fingerprint density at radius 1 is 1.50 bits per heavy atom. The molecule has 0 spiro atoms. The van der Waals surface area contributed by atoms with Crippen LogP contribution in [0.5, 0.6) is 0 Å². The van der Waals surface area contributed by atoms with Crippen molar-refractivity contribution in [2.24, 2.45) is 11.3 Å². The van der Waals surface area contributed by atoms with Gasteiger partial charge in [0.2, 0.25) is 0 Å². The van der Waals surface area contributed by atoms with Crippen molar-refractivity contribution in [2.45, 2.75) is 46.6 Å². The number of aryl methyl sites for hydroxylation is 1. The summed E-state index contributed by atoms with van der Waals surface area (Å²) in [5.41, 5.74) is 2.59. The molecule has 1 atom stereocenters. The summed E-state index contributed by atoms with van der Waals surface area (Å²) in [4.78, 5) is 6.99. The Kier molecular flexibility index (Phi) is 2.75. The van der Waals surface area contributed by atoms with E-state index in [2.05, 4.69) is 30.2 Å². The third-order valence-corrected chi connectivity index (χ3v) is 5.22. The predicted molar refractivity (Wildman–Crippen MR) is 74.0 cm³/mol. The molecule has 1 aliphatic carbocycles. The molecule has 1 unspecified atom stereocenters. The molecular weight excluding hydrogens is 244 g/mol. The van der Waals surface area contributed by atoms with Gasteiger partial charge < -0.3 is 5.11 Å². The number of rotatable bonds is 1. The number of imidazole rings is 1. The maximum absolute atomic E-state index is 9.14. The zero-order valence-electron chi connectivity index (χ0n) is 11.2. The van der Waals surface area contributed by atoms with E-state index in [-0.39, 0.29) is 6.61 Å². The number of aliphatic hydroxyl groups excluding tert-OH is 1. The average Bonchev–Trinajstić information content (AvgIpc) is 2.83. The molecule has 2 aromatic heterocycles. The first-order chi connectivity index (χ1) is 8.49. The molecule has 0 aromatic carbocycles. The van der Waals surface area contributed by atoms with E-state index in [1.807, 2.05) is 6.20 Å². The lowest BCUT2D eigenvalue weighted by molar-refractivity contribution is 0.216. The largest absolute Gasteiger partial charge is 0.390 e. The molecule has 1 aliphatic rings. The lowest BCUT2D eigenvalue weighted by atomic mass is 9.73. The molecule has 0 saturated heterocycles. The van der Waals surface area contributed by atoms with Crippen LogP contribution in [-0.2, 0) is 19.4 Å². The summed E-state index contributed by atoms with van der Waals surface area (Å²) in [7, 11) is 0. The van der Waals surface area contributed by atoms with Crippen molar-refractivity contribution >= 4 is 16.3 Å². The van der Waals surface area contributed by atoms with Crippen LogP contribution in [0.2, 0.25) is 0 Å². The van der Waals surface area contributed by atoms with Gasteiger partial charge >= 0.3 is 0 Å². The molecular formula is C14H20N2OS. The maximum atomic E-state index is 9.14. The molecule has 98 valence electrons. The number of hydrogen-bond acceptors (Lipinski definition) is 3. The predicted octanol–water partition coefficient (Wildman–Crippen LogP) is 3.04. The summed E-state index contributed by atoms with van der Waals surface area (Å²) in [6.07, 6.45) is 5.57. The first-order valence-corrected chi connectivity index (χ1v) is 7.40. The lowest BCUT2D eigenvalue weighted by Gasteiger charge is -2.33. The highest BCUT2D eigenvalue weighted by atomic mass is 32.1. The third-order valence-electron chi connectivity index (χ3n) is 4.10. The molecule has 0 saturated carbocycles. The molecule has 0 radical (unpaired) electrons. The van der Waals surface area contributed by atoms with Crippen molar-refractivity contribution < 1.29 is 5.11 Å². The van der Waals surface area contributed by atoms with Gasteiger partial charge in [-0.05, 0) is 30.6 Å². The van der Waals surface area contributed by atoms with Gasteiger partial charge in [-0.1, -0.05) is 20.8 Å². The fraction of sp³-hybridized carbons (Fsp3) is 0.643. The summed E-state index contributed by atoms with van der Waals surface area (Å²) in [6.45, 7) is 7.05. The summed E-state index contributed by atoms with van der Waals surface area (Å²) >= 11 is 1.80. The zero-order chi connectivity index (χ0) is 12.9. The van der Waals surface area contributed by atoms with Crippen LogP contribution in [0.1, 0.15) is 43.5 Å². The smallest absolute Gasteiger partial charge is 0.194 e. The van der Waals surface area contributed by atoms with Gasteiger partial charge in [0.15, 0.2) is 4.96 Å². The minimum Gasteiger partial charge on any atom is -0.390 e. The van der Waals surface area contributed by atoms with Crippen LogP contribution in [0.25, 0.3) is 4.96 Å². The Hall–Kier alpha value is -0.870. The van der Waals surface area contributed by atoms with Crippen molar-refractivity contribution in [3.05, 3.63) is 22.5 Å². The van der Waals surface area contributed by atoms with E-state index >= 15 is 0 Å². The Morgan fingerprint density at radius 2 is 2.28 bits per heavy atom. The highest BCUT2D eigenvalue weighted by Crippen LogP contribution is 2.40. The van der Waals surface area contributed by atoms with Gasteiger partial charge in [-0.25, -0.2) is 4.98 Å². The second-order valence-electron chi connectivity index (χ2n) is 6.32. The van der Waals surface area contributed by atoms with E-state index in [9.17, 15) is 0 Å². The van der Waals surface area contributed by atoms with Crippen LogP contribution < -0.4 is 0 Å². The highest BCUT2D eigenvalue weighted by molar-refractivity contribution is 7.17. The fourth-order valence-electron chi connectivity index (χ4n) is 2.85. The minimum absolute atomic E-state index is 0.0355. The lowest BCUT2D eigenvalue weighted by Crippen LogP contribution is -2.26. The Bertz CT molecular complexity index is 576. The number of aliphatic hydroxyl groups is 1. The van der Waals surface area contributed by atoms with E-state index in [4.69, 9.17) is 5.11 Å². The Morgan fingerprint density at radius 3 is 2.94 bits per heavy atom. The molecule has 0 fully saturated rings. The molecule has 0 bridgehead atoms. The molecule has 3 rings (SSSR count). The van der Waals surface area contributed by atoms with Gasteiger partial charge in [0.1, 0.15) is 0 Å². The molecule has 1 N–H and O–H groups in total. The summed E-state index contributed by atoms with van der Waals surface area (Å²) in [6, 6.07) is 0. The number of fused-ring (bicyclic) bond motifs is 3. The zero-order valence-corrected chi connectivity index (χ0v) is 12.0. The first-order valence-electron chi connectivity index (χ1n) is 6.58. The number of hydrogen-bond donors (Lipinski definition) is 1. The van der Waals surface area contributed by atoms with Gasteiger partial charge in [-0.3, -0.25) is 4.40 Å². The second-order valence-corrected chi connectivity index (χ2v) is 7.38. The standard InChI is InChI=1S/C14H20N2OS/c1-14(2,3)9-4-5-11-12(6-9)18-13-15-10(8-17)7-16(11)13/h7,9,17H,4-6,8H2,1-3H3. The van der Waals surface area contributed by atoms with E-state index in [1.165, 1.54) is 23.4 Å². The van der Waals surface area contributed by atoms with Crippen LogP contribution in [0, 0.1) is 11.3 Å². The molecule has 3 nitrogen and oxygen atoms in total. The van der Waals surface area contributed by atoms with E-state index in [0.717, 1.165) is 23.0 Å². The van der Waals surface area contributed by atoms with Gasteiger partial charge in [0, 0.05) is 16.8 Å². The normalized spacial score (nSPS) is 20.3. The molecule has 2 heterocycles. The number of aromatic nitrogens is 2. The Labute approximate surface area is 111 Å². The van der Waals surface area contributed by atoms with E-state index in [1.54, 1.807) is 11.3 Å². The quantitative estimate of drug-likeness (QED) is 0.859. The summed E-state index contributed by atoms with van der Waals surface area (Å²) in [5, 5.41) is 9.14. The second kappa shape index (κ2) is 4.07. The average molecular weight is 264 g/mol. The summed E-state index contributed by atoms with van der Waals surface area (Å²) in [5.74, 6) is 0.769. The van der Waals surface area contributed by atoms with Crippen LogP contribution in [0.15, 0.2) is 6.20 Å². The third kappa shape index (κ3) is 1.88. The molecule has 18 heavy (non-hydrogen) atoms. The van der Waals surface area contributed by atoms with Gasteiger partial charge in [-0.15, -0.1) is 11.3 Å². The van der Waals surface area contributed by atoms with Gasteiger partial charge in [-0.2, -0.15) is 0 Å². The van der Waals surface area contributed by atoms with Crippen LogP contribution >= 0.6 is 11.3 Å². The van der Waals surface area contributed by atoms with E-state index in [0.29, 0.717) is 5.41 Å². The van der Waals surface area contributed by atoms with Crippen LogP contribution in [0.3, 0.4) is 0 Å². The maximum Gasteiger partial charge on any atom is 0.194 e. The van der Waals surface area contributed by atoms with Crippen molar-refractivity contribution in [3.8, 4) is 0 Å². The molecule has 4 heteroatoms. The van der Waals surface area contributed by atoms with Gasteiger partial charge in [0.25, 0.3) is 0 Å². The monoisotopic (exact) mass is 264 g/mol. The SMILES string of the molecule is CC(C)(C)C1CCc2c(sc3nc(CO)cn23)C1. The molecule has 0 aliphatic heterocycles. The van der Waals surface area contributed by atoms with Crippen molar-refractivity contribution in [1.82, 2.24) is 9.38 Å². The minimum atomic E-state index is 0.0355.